The van der Waals surface area contributed by atoms with Crippen molar-refractivity contribution in [1.82, 2.24) is 20.1 Å². The number of benzene rings is 2. The number of amides is 2. The van der Waals surface area contributed by atoms with Crippen LogP contribution >= 0.6 is 23.5 Å². The number of para-hydroxylation sites is 1. The maximum absolute atomic E-state index is 14.1. The Morgan fingerprint density at radius 1 is 1.09 bits per heavy atom. The Kier molecular flexibility index (Phi) is 12.5. The average Bonchev–Trinajstić information content (AvgIpc) is 3.90. The van der Waals surface area contributed by atoms with Gasteiger partial charge in [-0.15, -0.1) is 0 Å². The number of alkyl halides is 3. The normalized spacial score (nSPS) is 15.9. The van der Waals surface area contributed by atoms with E-state index in [4.69, 9.17) is 11.6 Å². The number of halogens is 4. The second kappa shape index (κ2) is 16.3. The zero-order valence-corrected chi connectivity index (χ0v) is 28.4. The molecule has 0 bridgehead atoms. The summed E-state index contributed by atoms with van der Waals surface area (Å²) in [6.07, 6.45) is 0.749. The molecular weight excluding hydrogens is 651 g/mol. The molecule has 0 radical (unpaired) electrons. The summed E-state index contributed by atoms with van der Waals surface area (Å²) in [5.74, 6) is -0.470. The van der Waals surface area contributed by atoms with Crippen LogP contribution in [0, 0.1) is 0 Å². The van der Waals surface area contributed by atoms with Gasteiger partial charge in [0, 0.05) is 56.6 Å². The van der Waals surface area contributed by atoms with Crippen LogP contribution in [0.5, 0.6) is 0 Å². The molecule has 1 aliphatic heterocycles. The molecule has 1 saturated heterocycles. The Bertz CT molecular complexity index is 1500. The van der Waals surface area contributed by atoms with Gasteiger partial charge in [-0.1, -0.05) is 43.7 Å². The molecule has 2 aromatic rings. The van der Waals surface area contributed by atoms with Gasteiger partial charge in [0.15, 0.2) is 0 Å². The van der Waals surface area contributed by atoms with E-state index in [0.29, 0.717) is 66.9 Å². The van der Waals surface area contributed by atoms with E-state index >= 15 is 0 Å². The minimum absolute atomic E-state index is 0.0289. The maximum atomic E-state index is 14.1. The van der Waals surface area contributed by atoms with Crippen molar-refractivity contribution in [2.45, 2.75) is 51.0 Å². The molecule has 1 heterocycles. The third-order valence-corrected chi connectivity index (χ3v) is 9.27. The van der Waals surface area contributed by atoms with Gasteiger partial charge in [0.05, 0.1) is 34.1 Å². The SMILES string of the molecule is C=NN(C/C(=C\CC)Nc1ccc(C(F)(F)F)cc1Cl)C(=O)/C(=C(/CC)NC)N1CCN(C(=O)c2ccccc2NSC2CC2)CC1. The molecule has 254 valence electrons. The van der Waals surface area contributed by atoms with Crippen LogP contribution in [-0.4, -0.2) is 78.4 Å². The van der Waals surface area contributed by atoms with Crippen LogP contribution < -0.4 is 15.4 Å². The van der Waals surface area contributed by atoms with Crippen molar-refractivity contribution in [3.63, 3.8) is 0 Å². The zero-order chi connectivity index (χ0) is 34.1. The van der Waals surface area contributed by atoms with Gasteiger partial charge in [-0.05, 0) is 68.0 Å². The summed E-state index contributed by atoms with van der Waals surface area (Å²) in [5.41, 5.74) is 2.45. The third-order valence-electron chi connectivity index (χ3n) is 7.81. The van der Waals surface area contributed by atoms with Gasteiger partial charge >= 0.3 is 6.18 Å². The van der Waals surface area contributed by atoms with Gasteiger partial charge in [0.2, 0.25) is 0 Å². The number of hydrazone groups is 1. The number of carbonyl (C=O) groups excluding carboxylic acids is 2. The molecule has 4 rings (SSSR count). The standard InChI is InChI=1S/C33H41ClF3N7O2S/c1-5-9-23(40-29-15-12-22(20-26(29)34)33(35,36)37)21-44(39-4)32(46)30(27(6-2)38-3)42-16-18-43(19-17-42)31(45)25-10-7-8-11-28(25)41-47-24-13-14-24/h7-12,15,20,24,38,40-41H,4-6,13-14,16-19,21H2,1-3H3/b23-9+,30-27+. The van der Waals surface area contributed by atoms with Gasteiger partial charge in [0.25, 0.3) is 11.8 Å². The first-order valence-electron chi connectivity index (χ1n) is 15.6. The topological polar surface area (TPSA) is 92.3 Å². The lowest BCUT2D eigenvalue weighted by molar-refractivity contribution is -0.137. The fourth-order valence-corrected chi connectivity index (χ4v) is 6.22. The van der Waals surface area contributed by atoms with Crippen LogP contribution in [0.15, 0.2) is 70.7 Å². The molecule has 9 nitrogen and oxygen atoms in total. The molecule has 3 N–H and O–H groups in total. The third kappa shape index (κ3) is 9.38. The van der Waals surface area contributed by atoms with Crippen molar-refractivity contribution >= 4 is 53.5 Å². The monoisotopic (exact) mass is 691 g/mol. The van der Waals surface area contributed by atoms with Crippen LogP contribution in [-0.2, 0) is 11.0 Å². The van der Waals surface area contributed by atoms with Gasteiger partial charge in [-0.2, -0.15) is 18.3 Å². The molecule has 14 heteroatoms. The van der Waals surface area contributed by atoms with E-state index in [0.717, 1.165) is 17.8 Å². The average molecular weight is 692 g/mol. The first-order valence-corrected chi connectivity index (χ1v) is 16.8. The zero-order valence-electron chi connectivity index (χ0n) is 26.8. The first-order chi connectivity index (χ1) is 22.5. The van der Waals surface area contributed by atoms with Crippen LogP contribution in [0.2, 0.25) is 5.02 Å². The van der Waals surface area contributed by atoms with E-state index in [1.165, 1.54) is 23.9 Å². The van der Waals surface area contributed by atoms with Crippen LogP contribution in [0.3, 0.4) is 0 Å². The fourth-order valence-electron chi connectivity index (χ4n) is 5.15. The maximum Gasteiger partial charge on any atom is 0.416 e. The molecular formula is C33H41ClF3N7O2S. The van der Waals surface area contributed by atoms with Crippen LogP contribution in [0.4, 0.5) is 24.5 Å². The van der Waals surface area contributed by atoms with Crippen molar-refractivity contribution in [1.29, 1.82) is 0 Å². The van der Waals surface area contributed by atoms with Gasteiger partial charge in [-0.25, -0.2) is 5.01 Å². The Balaban J connectivity index is 1.48. The lowest BCUT2D eigenvalue weighted by Crippen LogP contribution is -2.51. The second-order valence-corrected chi connectivity index (χ2v) is 12.6. The van der Waals surface area contributed by atoms with Crippen LogP contribution in [0.1, 0.15) is 55.5 Å². The molecule has 0 spiro atoms. The minimum atomic E-state index is -4.53. The molecule has 1 aliphatic carbocycles. The summed E-state index contributed by atoms with van der Waals surface area (Å²) in [4.78, 5) is 31.4. The number of rotatable bonds is 14. The predicted octanol–water partition coefficient (Wildman–Crippen LogP) is 7.03. The molecule has 0 atom stereocenters. The summed E-state index contributed by atoms with van der Waals surface area (Å²) in [6.45, 7) is 9.11. The number of hydrogen-bond donors (Lipinski definition) is 3. The summed E-state index contributed by atoms with van der Waals surface area (Å²) in [6, 6.07) is 10.6. The molecule has 0 unspecified atom stereocenters. The lowest BCUT2D eigenvalue weighted by Gasteiger charge is -2.38. The molecule has 2 amide bonds. The summed E-state index contributed by atoms with van der Waals surface area (Å²) < 4.78 is 42.8. The number of nitrogens with zero attached hydrogens (tertiary/aromatic N) is 4. The molecule has 2 fully saturated rings. The number of allylic oxidation sites excluding steroid dienone is 2. The quantitative estimate of drug-likeness (QED) is 0.0848. The van der Waals surface area contributed by atoms with Crippen molar-refractivity contribution in [3.05, 3.63) is 81.8 Å². The van der Waals surface area contributed by atoms with Crippen molar-refractivity contribution in [2.24, 2.45) is 5.10 Å². The Labute approximate surface area is 283 Å². The van der Waals surface area contributed by atoms with Crippen molar-refractivity contribution < 1.29 is 22.8 Å². The van der Waals surface area contributed by atoms with E-state index < -0.39 is 17.6 Å². The Morgan fingerprint density at radius 3 is 2.34 bits per heavy atom. The van der Waals surface area contributed by atoms with Gasteiger partial charge in [-0.3, -0.25) is 9.59 Å². The van der Waals surface area contributed by atoms with E-state index in [9.17, 15) is 22.8 Å². The number of carbonyl (C=O) groups is 2. The summed E-state index contributed by atoms with van der Waals surface area (Å²) in [5, 5.41) is 11.9. The summed E-state index contributed by atoms with van der Waals surface area (Å²) in [7, 11) is 1.75. The Morgan fingerprint density at radius 2 is 1.77 bits per heavy atom. The molecule has 2 aromatic carbocycles. The number of hydrogen-bond acceptors (Lipinski definition) is 8. The van der Waals surface area contributed by atoms with E-state index in [-0.39, 0.29) is 23.2 Å². The number of anilines is 2. The highest BCUT2D eigenvalue weighted by Gasteiger charge is 2.33. The van der Waals surface area contributed by atoms with Crippen molar-refractivity contribution in [3.8, 4) is 0 Å². The highest BCUT2D eigenvalue weighted by atomic mass is 35.5. The van der Waals surface area contributed by atoms with E-state index in [2.05, 4.69) is 27.2 Å². The van der Waals surface area contributed by atoms with Crippen molar-refractivity contribution in [2.75, 3.05) is 49.8 Å². The molecule has 2 aliphatic rings. The van der Waals surface area contributed by atoms with Crippen LogP contribution in [0.25, 0.3) is 0 Å². The number of nitrogens with one attached hydrogen (secondary N) is 3. The predicted molar refractivity (Wildman–Crippen MR) is 184 cm³/mol. The fraction of sp³-hybridized carbons (Fsp3) is 0.424. The van der Waals surface area contributed by atoms with E-state index in [1.54, 1.807) is 23.9 Å². The smallest absolute Gasteiger partial charge is 0.390 e. The lowest BCUT2D eigenvalue weighted by atomic mass is 10.1. The first kappa shape index (κ1) is 36.0. The number of piperazine rings is 1. The largest absolute Gasteiger partial charge is 0.416 e. The molecule has 0 aromatic heterocycles. The molecule has 47 heavy (non-hydrogen) atoms. The highest BCUT2D eigenvalue weighted by molar-refractivity contribution is 8.01. The minimum Gasteiger partial charge on any atom is -0.390 e. The van der Waals surface area contributed by atoms with Gasteiger partial charge < -0.3 is 25.2 Å². The van der Waals surface area contributed by atoms with Gasteiger partial charge in [0.1, 0.15) is 5.70 Å². The molecule has 1 saturated carbocycles. The second-order valence-electron chi connectivity index (χ2n) is 11.1. The highest BCUT2D eigenvalue weighted by Crippen LogP contribution is 2.36. The van der Waals surface area contributed by atoms with E-state index in [1.807, 2.05) is 49.1 Å². The Hall–Kier alpha value is -3.84. The summed E-state index contributed by atoms with van der Waals surface area (Å²) >= 11 is 7.84.